The van der Waals surface area contributed by atoms with Gasteiger partial charge < -0.3 is 15.5 Å². The number of rotatable bonds is 5. The van der Waals surface area contributed by atoms with E-state index in [1.807, 2.05) is 0 Å². The number of aliphatic hydroxyl groups excluding tert-OH is 2. The largest absolute Gasteiger partial charge is 0.394 e. The van der Waals surface area contributed by atoms with Gasteiger partial charge in [0.1, 0.15) is 5.02 Å². The summed E-state index contributed by atoms with van der Waals surface area (Å²) in [7, 11) is 0. The third kappa shape index (κ3) is 3.50. The van der Waals surface area contributed by atoms with Gasteiger partial charge in [0.2, 0.25) is 0 Å². The second-order valence-corrected chi connectivity index (χ2v) is 5.49. The van der Waals surface area contributed by atoms with Gasteiger partial charge in [-0.1, -0.05) is 24.4 Å². The fourth-order valence-electron chi connectivity index (χ4n) is 2.51. The van der Waals surface area contributed by atoms with Gasteiger partial charge in [0.25, 0.3) is 5.56 Å². The molecule has 0 spiro atoms. The van der Waals surface area contributed by atoms with E-state index in [0.717, 1.165) is 30.4 Å². The van der Waals surface area contributed by atoms with Gasteiger partial charge in [-0.3, -0.25) is 4.79 Å². The molecule has 2 unspecified atom stereocenters. The van der Waals surface area contributed by atoms with Crippen molar-refractivity contribution in [2.45, 2.75) is 38.3 Å². The second kappa shape index (κ2) is 7.06. The zero-order valence-corrected chi connectivity index (χ0v) is 12.0. The maximum absolute atomic E-state index is 11.9. The highest BCUT2D eigenvalue weighted by atomic mass is 35.5. The first-order chi connectivity index (χ1) is 9.63. The zero-order valence-electron chi connectivity index (χ0n) is 11.3. The topological polar surface area (TPSA) is 87.4 Å². The Morgan fingerprint density at radius 1 is 1.45 bits per heavy atom. The number of hydrogen-bond donors (Lipinski definition) is 3. The highest BCUT2D eigenvalue weighted by Gasteiger charge is 2.23. The summed E-state index contributed by atoms with van der Waals surface area (Å²) >= 11 is 6.01. The molecule has 0 radical (unpaired) electrons. The van der Waals surface area contributed by atoms with Crippen LogP contribution in [0.4, 0.5) is 5.69 Å². The molecule has 1 aromatic heterocycles. The quantitative estimate of drug-likeness (QED) is 0.750. The average Bonchev–Trinajstić information content (AvgIpc) is 2.45. The minimum atomic E-state index is -0.421. The lowest BCUT2D eigenvalue weighted by molar-refractivity contribution is 0.0763. The third-order valence-corrected chi connectivity index (χ3v) is 4.09. The Labute approximate surface area is 122 Å². The van der Waals surface area contributed by atoms with Crippen LogP contribution in [-0.2, 0) is 6.54 Å². The van der Waals surface area contributed by atoms with Gasteiger partial charge >= 0.3 is 0 Å². The number of halogens is 1. The van der Waals surface area contributed by atoms with Gasteiger partial charge in [-0.2, -0.15) is 5.10 Å². The fraction of sp³-hybridized carbons (Fsp3) is 0.692. The van der Waals surface area contributed by atoms with Crippen LogP contribution >= 0.6 is 11.6 Å². The predicted octanol–water partition coefficient (Wildman–Crippen LogP) is 0.852. The number of nitrogens with zero attached hydrogens (tertiary/aromatic N) is 2. The highest BCUT2D eigenvalue weighted by Crippen LogP contribution is 2.25. The summed E-state index contributed by atoms with van der Waals surface area (Å²) in [5.74, 6) is 0.180. The van der Waals surface area contributed by atoms with Gasteiger partial charge in [0.05, 0.1) is 31.1 Å². The van der Waals surface area contributed by atoms with Crippen LogP contribution in [0.3, 0.4) is 0 Å². The minimum absolute atomic E-state index is 0.0683. The molecule has 2 atom stereocenters. The van der Waals surface area contributed by atoms with E-state index in [9.17, 15) is 9.90 Å². The number of anilines is 1. The van der Waals surface area contributed by atoms with Crippen molar-refractivity contribution < 1.29 is 10.2 Å². The van der Waals surface area contributed by atoms with Crippen LogP contribution in [0.25, 0.3) is 0 Å². The van der Waals surface area contributed by atoms with E-state index in [1.165, 1.54) is 6.20 Å². The minimum Gasteiger partial charge on any atom is -0.394 e. The van der Waals surface area contributed by atoms with Crippen molar-refractivity contribution in [3.8, 4) is 0 Å². The molecule has 1 fully saturated rings. The van der Waals surface area contributed by atoms with E-state index >= 15 is 0 Å². The predicted molar refractivity (Wildman–Crippen MR) is 77.0 cm³/mol. The molecule has 0 aromatic carbocycles. The normalized spacial score (nSPS) is 22.8. The molecule has 0 saturated heterocycles. The van der Waals surface area contributed by atoms with Crippen LogP contribution in [0.1, 0.15) is 25.7 Å². The van der Waals surface area contributed by atoms with Crippen molar-refractivity contribution in [1.82, 2.24) is 9.78 Å². The Balaban J connectivity index is 2.02. The van der Waals surface area contributed by atoms with E-state index in [4.69, 9.17) is 16.7 Å². The Morgan fingerprint density at radius 2 is 2.20 bits per heavy atom. The van der Waals surface area contributed by atoms with Crippen LogP contribution in [0.2, 0.25) is 5.02 Å². The van der Waals surface area contributed by atoms with Crippen molar-refractivity contribution in [2.24, 2.45) is 5.92 Å². The highest BCUT2D eigenvalue weighted by molar-refractivity contribution is 6.32. The maximum atomic E-state index is 11.9. The Kier molecular flexibility index (Phi) is 5.39. The third-order valence-electron chi connectivity index (χ3n) is 3.72. The molecule has 112 valence electrons. The molecule has 1 aromatic rings. The summed E-state index contributed by atoms with van der Waals surface area (Å²) in [6, 6.07) is 0. The molecule has 1 heterocycles. The van der Waals surface area contributed by atoms with Crippen molar-refractivity contribution in [2.75, 3.05) is 18.5 Å². The maximum Gasteiger partial charge on any atom is 0.287 e. The first kappa shape index (κ1) is 15.3. The van der Waals surface area contributed by atoms with Gasteiger partial charge in [-0.25, -0.2) is 4.68 Å². The van der Waals surface area contributed by atoms with E-state index in [1.54, 1.807) is 0 Å². The summed E-state index contributed by atoms with van der Waals surface area (Å²) in [6.07, 6.45) is 5.17. The molecule has 20 heavy (non-hydrogen) atoms. The fourth-order valence-corrected chi connectivity index (χ4v) is 2.72. The van der Waals surface area contributed by atoms with Crippen LogP contribution in [-0.4, -0.2) is 39.2 Å². The Bertz CT molecular complexity index is 506. The first-order valence-electron chi connectivity index (χ1n) is 6.92. The number of aromatic nitrogens is 2. The lowest BCUT2D eigenvalue weighted by Crippen LogP contribution is -2.31. The Morgan fingerprint density at radius 3 is 2.90 bits per heavy atom. The molecular formula is C13H20ClN3O3. The standard InChI is InChI=1S/C13H20ClN3O3/c14-12-10(8-16-17(5-6-18)13(12)20)15-7-9-3-1-2-4-11(9)19/h8-9,11,15,18-19H,1-7H2. The lowest BCUT2D eigenvalue weighted by atomic mass is 9.86. The van der Waals surface area contributed by atoms with Crippen LogP contribution in [0.5, 0.6) is 0 Å². The van der Waals surface area contributed by atoms with Gasteiger partial charge in [-0.15, -0.1) is 0 Å². The van der Waals surface area contributed by atoms with Crippen molar-refractivity contribution >= 4 is 17.3 Å². The van der Waals surface area contributed by atoms with E-state index in [-0.39, 0.29) is 30.2 Å². The van der Waals surface area contributed by atoms with Crippen LogP contribution < -0.4 is 10.9 Å². The van der Waals surface area contributed by atoms with Crippen molar-refractivity contribution in [3.05, 3.63) is 21.6 Å². The molecule has 0 amide bonds. The molecule has 1 aliphatic carbocycles. The summed E-state index contributed by atoms with van der Waals surface area (Å²) in [6.45, 7) is 0.538. The zero-order chi connectivity index (χ0) is 14.5. The van der Waals surface area contributed by atoms with E-state index in [0.29, 0.717) is 12.2 Å². The van der Waals surface area contributed by atoms with Crippen molar-refractivity contribution in [1.29, 1.82) is 0 Å². The summed E-state index contributed by atoms with van der Waals surface area (Å²) in [5.41, 5.74) is 0.0542. The second-order valence-electron chi connectivity index (χ2n) is 5.12. The van der Waals surface area contributed by atoms with Crippen molar-refractivity contribution in [3.63, 3.8) is 0 Å². The molecule has 3 N–H and O–H groups in total. The van der Waals surface area contributed by atoms with Gasteiger partial charge in [0, 0.05) is 12.5 Å². The molecule has 0 bridgehead atoms. The first-order valence-corrected chi connectivity index (χ1v) is 7.29. The Hall–Kier alpha value is -1.11. The summed E-state index contributed by atoms with van der Waals surface area (Å²) in [4.78, 5) is 11.9. The molecule has 1 saturated carbocycles. The van der Waals surface area contributed by atoms with Gasteiger partial charge in [0.15, 0.2) is 0 Å². The molecule has 2 rings (SSSR count). The van der Waals surface area contributed by atoms with Crippen LogP contribution in [0.15, 0.2) is 11.0 Å². The molecule has 7 heteroatoms. The summed E-state index contributed by atoms with van der Waals surface area (Å²) in [5, 5.41) is 25.8. The van der Waals surface area contributed by atoms with Crippen LogP contribution in [0, 0.1) is 5.92 Å². The smallest absolute Gasteiger partial charge is 0.287 e. The number of aliphatic hydroxyl groups is 2. The van der Waals surface area contributed by atoms with Gasteiger partial charge in [-0.05, 0) is 12.8 Å². The molecule has 0 aliphatic heterocycles. The van der Waals surface area contributed by atoms with E-state index in [2.05, 4.69) is 10.4 Å². The molecule has 6 nitrogen and oxygen atoms in total. The lowest BCUT2D eigenvalue weighted by Gasteiger charge is -2.28. The molecular weight excluding hydrogens is 282 g/mol. The molecule has 1 aliphatic rings. The monoisotopic (exact) mass is 301 g/mol. The summed E-state index contributed by atoms with van der Waals surface area (Å²) < 4.78 is 1.13. The average molecular weight is 302 g/mol. The SMILES string of the molecule is O=c1c(Cl)c(NCC2CCCCC2O)cnn1CCO. The number of nitrogens with one attached hydrogen (secondary N) is 1. The number of hydrogen-bond acceptors (Lipinski definition) is 5. The van der Waals surface area contributed by atoms with E-state index < -0.39 is 5.56 Å².